The number of aliphatic hydroxyl groups is 3. The molecule has 14 heteroatoms. The summed E-state index contributed by atoms with van der Waals surface area (Å²) in [6.07, 6.45) is -3.46. The van der Waals surface area contributed by atoms with Gasteiger partial charge in [0.25, 0.3) is 5.82 Å². The van der Waals surface area contributed by atoms with Crippen molar-refractivity contribution in [1.29, 1.82) is 0 Å². The van der Waals surface area contributed by atoms with Gasteiger partial charge in [-0.3, -0.25) is 9.13 Å². The van der Waals surface area contributed by atoms with Gasteiger partial charge in [0, 0.05) is 6.42 Å². The fourth-order valence-electron chi connectivity index (χ4n) is 3.02. The van der Waals surface area contributed by atoms with Gasteiger partial charge in [0.2, 0.25) is 12.0 Å². The summed E-state index contributed by atoms with van der Waals surface area (Å²) in [5.74, 6) is -0.175. The molecule has 13 nitrogen and oxygen atoms in total. The van der Waals surface area contributed by atoms with Crippen molar-refractivity contribution in [3.63, 3.8) is 0 Å². The summed E-state index contributed by atoms with van der Waals surface area (Å²) in [4.78, 5) is 17.8. The van der Waals surface area contributed by atoms with E-state index in [9.17, 15) is 30.0 Å². The van der Waals surface area contributed by atoms with Crippen molar-refractivity contribution in [2.45, 2.75) is 63.2 Å². The summed E-state index contributed by atoms with van der Waals surface area (Å²) in [6.45, 7) is 3.78. The standard InChI is InChI=1S/C15H24N5O8P/c1-7(28-29(25,26)15(2,3)23)4-8-10(21)11(22)14(27-8)19-5-17-9-12(16)20(24)6-18-13(9)19/h5-8,10-11,14,21-23H,4,16H2,1-3H3,(H,25,26)/t7?,8-,10-,11-,14-/m1/s1. The lowest BCUT2D eigenvalue weighted by molar-refractivity contribution is -0.592. The highest BCUT2D eigenvalue weighted by Crippen LogP contribution is 2.54. The monoisotopic (exact) mass is 433 g/mol. The Labute approximate surface area is 165 Å². The zero-order chi connectivity index (χ0) is 21.7. The van der Waals surface area contributed by atoms with Crippen molar-refractivity contribution in [1.82, 2.24) is 14.5 Å². The Balaban J connectivity index is 1.77. The molecule has 1 fully saturated rings. The second-order valence-electron chi connectivity index (χ2n) is 7.49. The molecule has 3 rings (SSSR count). The highest BCUT2D eigenvalue weighted by atomic mass is 31.2. The van der Waals surface area contributed by atoms with Crippen molar-refractivity contribution < 1.29 is 38.8 Å². The Morgan fingerprint density at radius 3 is 2.72 bits per heavy atom. The highest BCUT2D eigenvalue weighted by Gasteiger charge is 2.46. The molecule has 6 N–H and O–H groups in total. The molecule has 0 radical (unpaired) electrons. The third-order valence-electron chi connectivity index (χ3n) is 4.72. The Bertz CT molecular complexity index is 947. The zero-order valence-corrected chi connectivity index (χ0v) is 16.9. The summed E-state index contributed by atoms with van der Waals surface area (Å²) in [7, 11) is -4.35. The van der Waals surface area contributed by atoms with Crippen molar-refractivity contribution in [3.05, 3.63) is 17.9 Å². The molecule has 2 aromatic rings. The molecule has 1 aliphatic rings. The average Bonchev–Trinajstić information content (AvgIpc) is 3.13. The maximum Gasteiger partial charge on any atom is 0.359 e. The Morgan fingerprint density at radius 2 is 2.10 bits per heavy atom. The number of imidazole rings is 1. The maximum atomic E-state index is 12.1. The summed E-state index contributed by atoms with van der Waals surface area (Å²) in [5.41, 5.74) is 5.96. The van der Waals surface area contributed by atoms with Gasteiger partial charge in [-0.2, -0.15) is 0 Å². The normalized spacial score (nSPS) is 28.5. The Kier molecular flexibility index (Phi) is 5.60. The van der Waals surface area contributed by atoms with Crippen LogP contribution < -0.4 is 10.5 Å². The lowest BCUT2D eigenvalue weighted by atomic mass is 10.1. The summed E-state index contributed by atoms with van der Waals surface area (Å²) < 4.78 is 24.6. The number of ether oxygens (including phenoxy) is 1. The van der Waals surface area contributed by atoms with Gasteiger partial charge in [0.15, 0.2) is 17.1 Å². The van der Waals surface area contributed by atoms with Gasteiger partial charge in [0.1, 0.15) is 18.5 Å². The van der Waals surface area contributed by atoms with Gasteiger partial charge >= 0.3 is 7.60 Å². The second-order valence-corrected chi connectivity index (χ2v) is 9.84. The lowest BCUT2D eigenvalue weighted by Crippen LogP contribution is -2.34. The van der Waals surface area contributed by atoms with Crippen LogP contribution in [0.3, 0.4) is 0 Å². The van der Waals surface area contributed by atoms with Crippen LogP contribution in [0.15, 0.2) is 12.7 Å². The van der Waals surface area contributed by atoms with Crippen LogP contribution in [0.4, 0.5) is 5.82 Å². The minimum Gasteiger partial charge on any atom is -0.740 e. The fraction of sp³-hybridized carbons (Fsp3) is 0.667. The van der Waals surface area contributed by atoms with Crippen LogP contribution in [0.5, 0.6) is 0 Å². The topological polar surface area (TPSA) is 200 Å². The summed E-state index contributed by atoms with van der Waals surface area (Å²) >= 11 is 0. The van der Waals surface area contributed by atoms with E-state index in [-0.39, 0.29) is 23.4 Å². The molecule has 3 heterocycles. The van der Waals surface area contributed by atoms with E-state index in [1.165, 1.54) is 17.8 Å². The molecule has 0 bridgehead atoms. The van der Waals surface area contributed by atoms with Crippen LogP contribution in [0.25, 0.3) is 11.2 Å². The molecule has 0 saturated carbocycles. The molecule has 2 unspecified atom stereocenters. The molecule has 0 aliphatic carbocycles. The first-order valence-electron chi connectivity index (χ1n) is 8.79. The molecule has 162 valence electrons. The van der Waals surface area contributed by atoms with Gasteiger partial charge in [-0.1, -0.05) is 4.98 Å². The van der Waals surface area contributed by atoms with E-state index in [1.807, 2.05) is 0 Å². The van der Waals surface area contributed by atoms with Crippen LogP contribution in [0.1, 0.15) is 33.4 Å². The van der Waals surface area contributed by atoms with Crippen LogP contribution in [0, 0.1) is 5.21 Å². The van der Waals surface area contributed by atoms with Crippen molar-refractivity contribution >= 4 is 24.6 Å². The number of fused-ring (bicyclic) bond motifs is 1. The predicted molar refractivity (Wildman–Crippen MR) is 98.1 cm³/mol. The number of hydrogen-bond donors (Lipinski definition) is 5. The quantitative estimate of drug-likeness (QED) is 0.212. The van der Waals surface area contributed by atoms with Gasteiger partial charge in [-0.15, -0.1) is 0 Å². The third-order valence-corrected chi connectivity index (χ3v) is 6.75. The first-order valence-corrected chi connectivity index (χ1v) is 10.4. The highest BCUT2D eigenvalue weighted by molar-refractivity contribution is 7.54. The lowest BCUT2D eigenvalue weighted by Gasteiger charge is -2.28. The first-order chi connectivity index (χ1) is 13.3. The molecular weight excluding hydrogens is 409 g/mol. The zero-order valence-electron chi connectivity index (χ0n) is 16.0. The van der Waals surface area contributed by atoms with Gasteiger partial charge in [-0.25, -0.2) is 9.71 Å². The summed E-state index contributed by atoms with van der Waals surface area (Å²) in [6, 6.07) is 0. The fourth-order valence-corrected chi connectivity index (χ4v) is 3.85. The van der Waals surface area contributed by atoms with Crippen molar-refractivity contribution in [2.24, 2.45) is 0 Å². The van der Waals surface area contributed by atoms with Crippen LogP contribution in [-0.2, 0) is 13.8 Å². The van der Waals surface area contributed by atoms with Crippen LogP contribution in [-0.4, -0.2) is 64.5 Å². The van der Waals surface area contributed by atoms with Crippen molar-refractivity contribution in [3.8, 4) is 0 Å². The number of aromatic nitrogens is 4. The molecule has 1 saturated heterocycles. The van der Waals surface area contributed by atoms with Gasteiger partial charge in [0.05, 0.1) is 12.2 Å². The largest absolute Gasteiger partial charge is 0.740 e. The Hall–Kier alpha value is -1.86. The minimum absolute atomic E-state index is 0.0435. The van der Waals surface area contributed by atoms with E-state index >= 15 is 0 Å². The number of hydrogen-bond acceptors (Lipinski definition) is 10. The Morgan fingerprint density at radius 1 is 1.45 bits per heavy atom. The van der Waals surface area contributed by atoms with E-state index in [4.69, 9.17) is 15.0 Å². The van der Waals surface area contributed by atoms with Gasteiger partial charge in [-0.05, 0) is 20.8 Å². The van der Waals surface area contributed by atoms with E-state index in [2.05, 4.69) is 9.97 Å². The number of nitrogen functional groups attached to an aromatic ring is 1. The molecule has 29 heavy (non-hydrogen) atoms. The van der Waals surface area contributed by atoms with E-state index in [0.29, 0.717) is 4.73 Å². The minimum atomic E-state index is -4.35. The first kappa shape index (κ1) is 21.8. The molecule has 0 amide bonds. The number of nitrogens with zero attached hydrogens (tertiary/aromatic N) is 4. The van der Waals surface area contributed by atoms with E-state index in [0.717, 1.165) is 20.2 Å². The predicted octanol–water partition coefficient (Wildman–Crippen LogP) is -1.02. The molecule has 0 spiro atoms. The second kappa shape index (κ2) is 7.43. The number of nitrogens with two attached hydrogens (primary N) is 1. The SMILES string of the molecule is CC(C[C@H]1O[C@@H](n2cnc3c(N)[n+]([O-])cnc32)[C@H](O)[C@@H]1O)OP(=O)(O)C(C)(C)O. The summed E-state index contributed by atoms with van der Waals surface area (Å²) in [5, 5.41) is 40.1. The molecule has 1 aliphatic heterocycles. The number of aliphatic hydroxyl groups excluding tert-OH is 2. The number of anilines is 1. The third kappa shape index (κ3) is 3.94. The van der Waals surface area contributed by atoms with Crippen LogP contribution in [0.2, 0.25) is 0 Å². The van der Waals surface area contributed by atoms with Crippen molar-refractivity contribution in [2.75, 3.05) is 5.73 Å². The smallest absolute Gasteiger partial charge is 0.359 e. The average molecular weight is 433 g/mol. The van der Waals surface area contributed by atoms with E-state index in [1.54, 1.807) is 0 Å². The molecule has 0 aromatic carbocycles. The van der Waals surface area contributed by atoms with Crippen LogP contribution >= 0.6 is 7.60 Å². The molecular formula is C15H24N5O8P. The maximum absolute atomic E-state index is 12.1. The number of rotatable bonds is 6. The molecule has 6 atom stereocenters. The van der Waals surface area contributed by atoms with E-state index < -0.39 is 43.6 Å². The van der Waals surface area contributed by atoms with Gasteiger partial charge < -0.3 is 40.4 Å². The molecule has 2 aromatic heterocycles.